The molecule has 2 heterocycles. The van der Waals surface area contributed by atoms with Crippen LogP contribution in [0.1, 0.15) is 19.8 Å². The number of fused-ring (bicyclic) bond motifs is 1. The molecular weight excluding hydrogens is 254 g/mol. The minimum atomic E-state index is 0.705. The summed E-state index contributed by atoms with van der Waals surface area (Å²) in [6.07, 6.45) is 8.30. The largest absolute Gasteiger partial charge is 0.379 e. The van der Waals surface area contributed by atoms with Gasteiger partial charge in [0.15, 0.2) is 11.5 Å². The van der Waals surface area contributed by atoms with E-state index in [1.165, 1.54) is 12.8 Å². The van der Waals surface area contributed by atoms with E-state index in [0.717, 1.165) is 42.9 Å². The van der Waals surface area contributed by atoms with Gasteiger partial charge in [0.05, 0.1) is 12.8 Å². The Morgan fingerprint density at radius 3 is 3.10 bits per heavy atom. The fourth-order valence-electron chi connectivity index (χ4n) is 2.09. The molecule has 0 amide bonds. The number of nitrogens with zero attached hydrogens (tertiary/aromatic N) is 3. The highest BCUT2D eigenvalue weighted by atomic mass is 16.5. The lowest BCUT2D eigenvalue weighted by molar-refractivity contribution is 0.134. The molecule has 1 aliphatic carbocycles. The van der Waals surface area contributed by atoms with Gasteiger partial charge in [-0.2, -0.15) is 0 Å². The van der Waals surface area contributed by atoms with E-state index < -0.39 is 0 Å². The van der Waals surface area contributed by atoms with Crippen molar-refractivity contribution in [2.75, 3.05) is 36.9 Å². The fraction of sp³-hybridized carbons (Fsp3) is 0.571. The molecule has 2 N–H and O–H groups in total. The second kappa shape index (κ2) is 6.09. The predicted octanol–water partition coefficient (Wildman–Crippen LogP) is 2.00. The van der Waals surface area contributed by atoms with Crippen LogP contribution in [-0.4, -0.2) is 40.7 Å². The quantitative estimate of drug-likeness (QED) is 0.721. The van der Waals surface area contributed by atoms with Gasteiger partial charge < -0.3 is 19.8 Å². The van der Waals surface area contributed by atoms with Crippen LogP contribution in [0, 0.1) is 5.92 Å². The molecule has 0 bridgehead atoms. The van der Waals surface area contributed by atoms with Gasteiger partial charge in [-0.1, -0.05) is 0 Å². The van der Waals surface area contributed by atoms with Crippen LogP contribution in [0.3, 0.4) is 0 Å². The Bertz CT molecular complexity index is 564. The van der Waals surface area contributed by atoms with Crippen LogP contribution < -0.4 is 10.6 Å². The smallest absolute Gasteiger partial charge is 0.180 e. The van der Waals surface area contributed by atoms with Crippen LogP contribution in [0.15, 0.2) is 18.6 Å². The summed E-state index contributed by atoms with van der Waals surface area (Å²) in [6.45, 7) is 5.25. The zero-order valence-electron chi connectivity index (χ0n) is 11.8. The molecule has 1 fully saturated rings. The Balaban J connectivity index is 1.60. The summed E-state index contributed by atoms with van der Waals surface area (Å²) < 4.78 is 7.59. The van der Waals surface area contributed by atoms with Crippen LogP contribution in [0.4, 0.5) is 11.6 Å². The van der Waals surface area contributed by atoms with E-state index in [1.807, 2.05) is 16.8 Å². The summed E-state index contributed by atoms with van der Waals surface area (Å²) in [5.74, 6) is 2.45. The van der Waals surface area contributed by atoms with Gasteiger partial charge >= 0.3 is 0 Å². The highest BCUT2D eigenvalue weighted by Gasteiger charge is 2.20. The second-order valence-corrected chi connectivity index (χ2v) is 5.11. The Kier molecular flexibility index (Phi) is 4.01. The van der Waals surface area contributed by atoms with Crippen LogP contribution in [0.25, 0.3) is 5.65 Å². The lowest BCUT2D eigenvalue weighted by Gasteiger charge is -2.10. The standard InChI is InChI=1S/C14H21N5O/c1-2-15-12-9-19-7-5-17-14(19)13(18-12)16-6-8-20-10-11-3-4-11/h5,7,9,11,15H,2-4,6,8,10H2,1H3,(H,16,18). The molecule has 0 spiro atoms. The fourth-order valence-corrected chi connectivity index (χ4v) is 2.09. The zero-order valence-corrected chi connectivity index (χ0v) is 11.8. The maximum Gasteiger partial charge on any atom is 0.180 e. The van der Waals surface area contributed by atoms with Crippen molar-refractivity contribution in [2.45, 2.75) is 19.8 Å². The molecule has 6 heteroatoms. The predicted molar refractivity (Wildman–Crippen MR) is 79.2 cm³/mol. The van der Waals surface area contributed by atoms with E-state index in [4.69, 9.17) is 4.74 Å². The summed E-state index contributed by atoms with van der Waals surface area (Å²) in [5.41, 5.74) is 0.842. The van der Waals surface area contributed by atoms with E-state index >= 15 is 0 Å². The highest BCUT2D eigenvalue weighted by Crippen LogP contribution is 2.28. The molecule has 2 aromatic rings. The van der Waals surface area contributed by atoms with Crippen molar-refractivity contribution in [1.82, 2.24) is 14.4 Å². The number of aromatic nitrogens is 3. The minimum Gasteiger partial charge on any atom is -0.379 e. The third-order valence-corrected chi connectivity index (χ3v) is 3.32. The van der Waals surface area contributed by atoms with Crippen LogP contribution >= 0.6 is 0 Å². The maximum atomic E-state index is 5.62. The number of nitrogens with one attached hydrogen (secondary N) is 2. The van der Waals surface area contributed by atoms with Gasteiger partial charge in [-0.3, -0.25) is 0 Å². The molecule has 2 aromatic heterocycles. The second-order valence-electron chi connectivity index (χ2n) is 5.11. The molecule has 3 rings (SSSR count). The van der Waals surface area contributed by atoms with Crippen molar-refractivity contribution in [2.24, 2.45) is 5.92 Å². The average molecular weight is 275 g/mol. The number of rotatable bonds is 8. The summed E-state index contributed by atoms with van der Waals surface area (Å²) in [5, 5.41) is 6.53. The first-order valence-corrected chi connectivity index (χ1v) is 7.26. The first-order valence-electron chi connectivity index (χ1n) is 7.26. The molecule has 0 atom stereocenters. The van der Waals surface area contributed by atoms with E-state index in [2.05, 4.69) is 27.5 Å². The Labute approximate surface area is 118 Å². The zero-order chi connectivity index (χ0) is 13.8. The SMILES string of the molecule is CCNc1cn2ccnc2c(NCCOCC2CC2)n1. The molecule has 108 valence electrons. The third kappa shape index (κ3) is 3.19. The Morgan fingerprint density at radius 1 is 1.40 bits per heavy atom. The average Bonchev–Trinajstić information content (AvgIpc) is 3.14. The number of hydrogen-bond acceptors (Lipinski definition) is 5. The minimum absolute atomic E-state index is 0.705. The van der Waals surface area contributed by atoms with Gasteiger partial charge in [-0.25, -0.2) is 9.97 Å². The van der Waals surface area contributed by atoms with E-state index in [-0.39, 0.29) is 0 Å². The number of anilines is 2. The van der Waals surface area contributed by atoms with Crippen molar-refractivity contribution in [3.63, 3.8) is 0 Å². The van der Waals surface area contributed by atoms with Crippen molar-refractivity contribution in [3.8, 4) is 0 Å². The topological polar surface area (TPSA) is 63.5 Å². The lowest BCUT2D eigenvalue weighted by Crippen LogP contribution is -2.13. The molecule has 1 saturated carbocycles. The third-order valence-electron chi connectivity index (χ3n) is 3.32. The first kappa shape index (κ1) is 13.2. The van der Waals surface area contributed by atoms with Gasteiger partial charge in [-0.15, -0.1) is 0 Å². The van der Waals surface area contributed by atoms with Gasteiger partial charge in [0.2, 0.25) is 0 Å². The summed E-state index contributed by atoms with van der Waals surface area (Å²) >= 11 is 0. The van der Waals surface area contributed by atoms with E-state index in [9.17, 15) is 0 Å². The molecule has 0 radical (unpaired) electrons. The van der Waals surface area contributed by atoms with Crippen molar-refractivity contribution >= 4 is 17.3 Å². The molecule has 0 saturated heterocycles. The van der Waals surface area contributed by atoms with Crippen LogP contribution in [-0.2, 0) is 4.74 Å². The van der Waals surface area contributed by atoms with Crippen LogP contribution in [0.5, 0.6) is 0 Å². The highest BCUT2D eigenvalue weighted by molar-refractivity contribution is 5.65. The molecule has 6 nitrogen and oxygen atoms in total. The Morgan fingerprint density at radius 2 is 2.30 bits per heavy atom. The summed E-state index contributed by atoms with van der Waals surface area (Å²) in [4.78, 5) is 8.87. The van der Waals surface area contributed by atoms with Gasteiger partial charge in [0.25, 0.3) is 0 Å². The molecular formula is C14H21N5O. The lowest BCUT2D eigenvalue weighted by atomic mass is 10.5. The van der Waals surface area contributed by atoms with Crippen LogP contribution in [0.2, 0.25) is 0 Å². The van der Waals surface area contributed by atoms with Gasteiger partial charge in [0, 0.05) is 32.1 Å². The maximum absolute atomic E-state index is 5.62. The van der Waals surface area contributed by atoms with E-state index in [0.29, 0.717) is 6.61 Å². The number of hydrogen-bond donors (Lipinski definition) is 2. The van der Waals surface area contributed by atoms with E-state index in [1.54, 1.807) is 6.20 Å². The van der Waals surface area contributed by atoms with Gasteiger partial charge in [-0.05, 0) is 25.7 Å². The Hall–Kier alpha value is -1.82. The molecule has 20 heavy (non-hydrogen) atoms. The van der Waals surface area contributed by atoms with Crippen molar-refractivity contribution in [3.05, 3.63) is 18.6 Å². The normalized spacial score (nSPS) is 14.7. The molecule has 0 aromatic carbocycles. The molecule has 1 aliphatic rings. The first-order chi connectivity index (χ1) is 9.86. The van der Waals surface area contributed by atoms with Gasteiger partial charge in [0.1, 0.15) is 5.82 Å². The molecule has 0 aliphatic heterocycles. The van der Waals surface area contributed by atoms with Crippen molar-refractivity contribution in [1.29, 1.82) is 0 Å². The summed E-state index contributed by atoms with van der Waals surface area (Å²) in [7, 11) is 0. The summed E-state index contributed by atoms with van der Waals surface area (Å²) in [6, 6.07) is 0. The monoisotopic (exact) mass is 275 g/mol. The molecule has 0 unspecified atom stereocenters. The number of imidazole rings is 1. The number of ether oxygens (including phenoxy) is 1. The van der Waals surface area contributed by atoms with Crippen molar-refractivity contribution < 1.29 is 4.74 Å².